The minimum absolute atomic E-state index is 0.0639. The predicted octanol–water partition coefficient (Wildman–Crippen LogP) is 4.94. The van der Waals surface area contributed by atoms with E-state index in [-0.39, 0.29) is 17.3 Å². The molecule has 1 saturated heterocycles. The van der Waals surface area contributed by atoms with Gasteiger partial charge in [-0.3, -0.25) is 9.59 Å². The summed E-state index contributed by atoms with van der Waals surface area (Å²) in [5, 5.41) is 11.3. The van der Waals surface area contributed by atoms with E-state index < -0.39 is 17.7 Å². The van der Waals surface area contributed by atoms with Gasteiger partial charge in [0.2, 0.25) is 0 Å². The number of aliphatic hydroxyl groups is 1. The van der Waals surface area contributed by atoms with Crippen molar-refractivity contribution < 1.29 is 23.8 Å². The van der Waals surface area contributed by atoms with Crippen molar-refractivity contribution in [1.82, 2.24) is 4.90 Å². The Morgan fingerprint density at radius 1 is 1.30 bits per heavy atom. The number of rotatable bonds is 7. The van der Waals surface area contributed by atoms with E-state index in [9.17, 15) is 14.7 Å². The van der Waals surface area contributed by atoms with Gasteiger partial charge in [-0.25, -0.2) is 0 Å². The van der Waals surface area contributed by atoms with Gasteiger partial charge in [0.25, 0.3) is 11.7 Å². The van der Waals surface area contributed by atoms with Crippen LogP contribution in [-0.2, 0) is 9.59 Å². The molecule has 6 nitrogen and oxygen atoms in total. The Bertz CT molecular complexity index is 972. The molecule has 30 heavy (non-hydrogen) atoms. The summed E-state index contributed by atoms with van der Waals surface area (Å²) in [6.07, 6.45) is 3.14. The molecule has 1 atom stereocenters. The van der Waals surface area contributed by atoms with Crippen molar-refractivity contribution in [3.63, 3.8) is 0 Å². The fourth-order valence-corrected chi connectivity index (χ4v) is 3.91. The number of carbonyl (C=O) groups is 2. The fourth-order valence-electron chi connectivity index (χ4n) is 3.91. The first-order chi connectivity index (χ1) is 14.3. The Kier molecular flexibility index (Phi) is 6.34. The Labute approximate surface area is 177 Å². The molecule has 0 spiro atoms. The summed E-state index contributed by atoms with van der Waals surface area (Å²) in [5.74, 6) is -0.143. The van der Waals surface area contributed by atoms with Gasteiger partial charge >= 0.3 is 0 Å². The normalized spacial score (nSPS) is 18.5. The highest BCUT2D eigenvalue weighted by Gasteiger charge is 2.47. The SMILES string of the molecule is CCCCN1C(=O)C(=O)/C(=C(/O)c2cc(C(C)C)c(OC)cc2C)C1c1ccco1. The molecule has 1 aromatic carbocycles. The lowest BCUT2D eigenvalue weighted by Crippen LogP contribution is -2.30. The molecule has 2 heterocycles. The molecular weight excluding hydrogens is 382 g/mol. The van der Waals surface area contributed by atoms with E-state index in [1.54, 1.807) is 19.2 Å². The van der Waals surface area contributed by atoms with Crippen LogP contribution in [0.5, 0.6) is 5.75 Å². The fraction of sp³-hybridized carbons (Fsp3) is 0.417. The number of methoxy groups -OCH3 is 1. The summed E-state index contributed by atoms with van der Waals surface area (Å²) >= 11 is 0. The lowest BCUT2D eigenvalue weighted by molar-refractivity contribution is -0.140. The second-order valence-corrected chi connectivity index (χ2v) is 7.93. The maximum absolute atomic E-state index is 13.0. The number of furan rings is 1. The molecule has 0 radical (unpaired) electrons. The van der Waals surface area contributed by atoms with Crippen LogP contribution in [0.25, 0.3) is 5.76 Å². The maximum atomic E-state index is 13.0. The van der Waals surface area contributed by atoms with Crippen LogP contribution >= 0.6 is 0 Å². The number of ketones is 1. The van der Waals surface area contributed by atoms with Crippen LogP contribution in [0.1, 0.15) is 68.0 Å². The second kappa shape index (κ2) is 8.78. The molecule has 1 aliphatic rings. The summed E-state index contributed by atoms with van der Waals surface area (Å²) in [4.78, 5) is 27.3. The summed E-state index contributed by atoms with van der Waals surface area (Å²) in [5.41, 5.74) is 2.25. The number of benzene rings is 1. The number of aryl methyl sites for hydroxylation is 1. The van der Waals surface area contributed by atoms with Crippen molar-refractivity contribution in [1.29, 1.82) is 0 Å². The second-order valence-electron chi connectivity index (χ2n) is 7.93. The summed E-state index contributed by atoms with van der Waals surface area (Å²) < 4.78 is 11.0. The van der Waals surface area contributed by atoms with Gasteiger partial charge in [0, 0.05) is 12.1 Å². The largest absolute Gasteiger partial charge is 0.507 e. The van der Waals surface area contributed by atoms with Gasteiger partial charge in [-0.05, 0) is 54.7 Å². The van der Waals surface area contributed by atoms with Gasteiger partial charge in [0.1, 0.15) is 23.3 Å². The molecule has 0 saturated carbocycles. The van der Waals surface area contributed by atoms with E-state index in [1.165, 1.54) is 11.2 Å². The third-order valence-corrected chi connectivity index (χ3v) is 5.56. The lowest BCUT2D eigenvalue weighted by Gasteiger charge is -2.23. The van der Waals surface area contributed by atoms with E-state index in [1.807, 2.05) is 39.8 Å². The Morgan fingerprint density at radius 3 is 2.60 bits per heavy atom. The highest BCUT2D eigenvalue weighted by atomic mass is 16.5. The van der Waals surface area contributed by atoms with Crippen molar-refractivity contribution in [3.8, 4) is 5.75 Å². The topological polar surface area (TPSA) is 80.0 Å². The number of unbranched alkanes of at least 4 members (excludes halogenated alkanes) is 1. The van der Waals surface area contributed by atoms with Crippen LogP contribution in [0.2, 0.25) is 0 Å². The number of aliphatic hydroxyl groups excluding tert-OH is 1. The van der Waals surface area contributed by atoms with Gasteiger partial charge in [-0.2, -0.15) is 0 Å². The standard InChI is InChI=1S/C24H29NO5/c1-6-7-10-25-21(18-9-8-11-30-18)20(23(27)24(25)28)22(26)17-13-16(14(2)3)19(29-5)12-15(17)4/h8-9,11-14,21,26H,6-7,10H2,1-5H3/b22-20+. The van der Waals surface area contributed by atoms with Crippen LogP contribution in [0.15, 0.2) is 40.5 Å². The zero-order valence-corrected chi connectivity index (χ0v) is 18.2. The molecule has 1 aromatic heterocycles. The van der Waals surface area contributed by atoms with Crippen molar-refractivity contribution in [2.24, 2.45) is 0 Å². The molecule has 0 aliphatic carbocycles. The van der Waals surface area contributed by atoms with E-state index in [4.69, 9.17) is 9.15 Å². The number of amides is 1. The third kappa shape index (κ3) is 3.74. The molecule has 6 heteroatoms. The van der Waals surface area contributed by atoms with Crippen molar-refractivity contribution in [3.05, 3.63) is 58.6 Å². The first kappa shape index (κ1) is 21.7. The molecular formula is C24H29NO5. The van der Waals surface area contributed by atoms with Crippen molar-refractivity contribution in [2.45, 2.75) is 52.5 Å². The van der Waals surface area contributed by atoms with Gasteiger partial charge in [-0.1, -0.05) is 27.2 Å². The van der Waals surface area contributed by atoms with Crippen LogP contribution in [0, 0.1) is 6.92 Å². The Balaban J connectivity index is 2.21. The predicted molar refractivity (Wildman–Crippen MR) is 114 cm³/mol. The first-order valence-electron chi connectivity index (χ1n) is 10.3. The molecule has 1 N–H and O–H groups in total. The smallest absolute Gasteiger partial charge is 0.295 e. The zero-order chi connectivity index (χ0) is 22.0. The van der Waals surface area contributed by atoms with E-state index in [0.29, 0.717) is 17.9 Å². The van der Waals surface area contributed by atoms with Gasteiger partial charge in [-0.15, -0.1) is 0 Å². The highest BCUT2D eigenvalue weighted by Crippen LogP contribution is 2.41. The molecule has 160 valence electrons. The Morgan fingerprint density at radius 2 is 2.03 bits per heavy atom. The molecule has 3 rings (SSSR count). The van der Waals surface area contributed by atoms with Crippen LogP contribution in [0.3, 0.4) is 0 Å². The van der Waals surface area contributed by atoms with Crippen molar-refractivity contribution in [2.75, 3.05) is 13.7 Å². The maximum Gasteiger partial charge on any atom is 0.295 e. The molecule has 1 aliphatic heterocycles. The quantitative estimate of drug-likeness (QED) is 0.396. The average molecular weight is 411 g/mol. The summed E-state index contributed by atoms with van der Waals surface area (Å²) in [6, 6.07) is 6.39. The first-order valence-corrected chi connectivity index (χ1v) is 10.3. The lowest BCUT2D eigenvalue weighted by atomic mass is 9.92. The van der Waals surface area contributed by atoms with Crippen LogP contribution in [-0.4, -0.2) is 35.4 Å². The van der Waals surface area contributed by atoms with Crippen LogP contribution in [0.4, 0.5) is 0 Å². The highest BCUT2D eigenvalue weighted by molar-refractivity contribution is 6.46. The molecule has 1 fully saturated rings. The number of likely N-dealkylation sites (tertiary alicyclic amines) is 1. The monoisotopic (exact) mass is 411 g/mol. The molecule has 0 bridgehead atoms. The van der Waals surface area contributed by atoms with Crippen molar-refractivity contribution >= 4 is 17.4 Å². The van der Waals surface area contributed by atoms with E-state index in [0.717, 1.165) is 29.7 Å². The molecule has 1 amide bonds. The molecule has 2 aromatic rings. The minimum atomic E-state index is -0.740. The summed E-state index contributed by atoms with van der Waals surface area (Å²) in [6.45, 7) is 8.35. The number of carbonyl (C=O) groups excluding carboxylic acids is 2. The zero-order valence-electron chi connectivity index (χ0n) is 18.2. The Hall–Kier alpha value is -3.02. The number of ether oxygens (including phenoxy) is 1. The number of hydrogen-bond acceptors (Lipinski definition) is 5. The van der Waals surface area contributed by atoms with E-state index >= 15 is 0 Å². The van der Waals surface area contributed by atoms with E-state index in [2.05, 4.69) is 0 Å². The molecule has 1 unspecified atom stereocenters. The van der Waals surface area contributed by atoms with Gasteiger partial charge in [0.05, 0.1) is 18.9 Å². The minimum Gasteiger partial charge on any atom is -0.507 e. The van der Waals surface area contributed by atoms with Gasteiger partial charge in [0.15, 0.2) is 0 Å². The number of hydrogen-bond donors (Lipinski definition) is 1. The number of Topliss-reactive ketones (excluding diaryl/α,β-unsaturated/α-hetero) is 1. The third-order valence-electron chi connectivity index (χ3n) is 5.56. The summed E-state index contributed by atoms with van der Waals surface area (Å²) in [7, 11) is 1.61. The average Bonchev–Trinajstić information content (AvgIpc) is 3.33. The van der Waals surface area contributed by atoms with Gasteiger partial charge < -0.3 is 19.2 Å². The number of nitrogens with zero attached hydrogens (tertiary/aromatic N) is 1. The van der Waals surface area contributed by atoms with Crippen LogP contribution < -0.4 is 4.74 Å².